The van der Waals surface area contributed by atoms with Gasteiger partial charge in [0.15, 0.2) is 0 Å². The minimum Gasteiger partial charge on any atom is -0.472 e. The molecule has 0 aromatic carbocycles. The first-order valence-electron chi connectivity index (χ1n) is 7.73. The van der Waals surface area contributed by atoms with E-state index >= 15 is 0 Å². The molecule has 3 aromatic heterocycles. The van der Waals surface area contributed by atoms with E-state index in [0.29, 0.717) is 0 Å². The second-order valence-corrected chi connectivity index (χ2v) is 5.73. The SMILES string of the molecule is c1ccc(CN2CCCn3cccc3C2c2ccoc2)nc1. The highest BCUT2D eigenvalue weighted by molar-refractivity contribution is 5.27. The largest absolute Gasteiger partial charge is 0.472 e. The number of nitrogens with zero attached hydrogens (tertiary/aromatic N) is 3. The average Bonchev–Trinajstić information content (AvgIpc) is 3.19. The summed E-state index contributed by atoms with van der Waals surface area (Å²) in [7, 11) is 0. The van der Waals surface area contributed by atoms with Crippen molar-refractivity contribution in [2.75, 3.05) is 6.54 Å². The molecule has 0 aliphatic carbocycles. The zero-order valence-corrected chi connectivity index (χ0v) is 12.4. The van der Waals surface area contributed by atoms with Crippen LogP contribution in [0.15, 0.2) is 65.7 Å². The number of hydrogen-bond acceptors (Lipinski definition) is 3. The van der Waals surface area contributed by atoms with Crippen molar-refractivity contribution in [2.45, 2.75) is 25.6 Å². The minimum atomic E-state index is 0.221. The van der Waals surface area contributed by atoms with Gasteiger partial charge in [0.1, 0.15) is 0 Å². The van der Waals surface area contributed by atoms with Crippen LogP contribution < -0.4 is 0 Å². The monoisotopic (exact) mass is 293 g/mol. The van der Waals surface area contributed by atoms with E-state index < -0.39 is 0 Å². The second-order valence-electron chi connectivity index (χ2n) is 5.73. The van der Waals surface area contributed by atoms with E-state index in [1.165, 1.54) is 11.3 Å². The minimum absolute atomic E-state index is 0.221. The summed E-state index contributed by atoms with van der Waals surface area (Å²) in [6, 6.07) is 12.7. The molecule has 22 heavy (non-hydrogen) atoms. The number of rotatable bonds is 3. The third-order valence-corrected chi connectivity index (χ3v) is 4.30. The van der Waals surface area contributed by atoms with Gasteiger partial charge in [0.25, 0.3) is 0 Å². The highest BCUT2D eigenvalue weighted by Crippen LogP contribution is 2.32. The smallest absolute Gasteiger partial charge is 0.0954 e. The predicted octanol–water partition coefficient (Wildman–Crippen LogP) is 3.47. The van der Waals surface area contributed by atoms with Crippen molar-refractivity contribution in [3.05, 3.63) is 78.3 Å². The zero-order chi connectivity index (χ0) is 14.8. The molecule has 4 heterocycles. The van der Waals surface area contributed by atoms with Gasteiger partial charge in [-0.1, -0.05) is 6.07 Å². The molecule has 0 saturated heterocycles. The summed E-state index contributed by atoms with van der Waals surface area (Å²) in [4.78, 5) is 6.98. The summed E-state index contributed by atoms with van der Waals surface area (Å²) in [6.45, 7) is 2.96. The van der Waals surface area contributed by atoms with Crippen molar-refractivity contribution in [2.24, 2.45) is 0 Å². The molecular formula is C18H19N3O. The lowest BCUT2D eigenvalue weighted by atomic mass is 10.0. The Morgan fingerprint density at radius 1 is 1.14 bits per heavy atom. The van der Waals surface area contributed by atoms with Crippen LogP contribution in [0.1, 0.15) is 29.4 Å². The molecular weight excluding hydrogens is 274 g/mol. The first-order valence-corrected chi connectivity index (χ1v) is 7.73. The third-order valence-electron chi connectivity index (χ3n) is 4.30. The standard InChI is InChI=1S/C18H19N3O/c1-2-8-19-16(5-1)13-21-11-4-10-20-9-3-6-17(20)18(21)15-7-12-22-14-15/h1-3,5-9,12,14,18H,4,10-11,13H2. The molecule has 0 saturated carbocycles. The molecule has 0 N–H and O–H groups in total. The van der Waals surface area contributed by atoms with Gasteiger partial charge in [-0.15, -0.1) is 0 Å². The van der Waals surface area contributed by atoms with Crippen molar-refractivity contribution in [1.82, 2.24) is 14.5 Å². The molecule has 1 unspecified atom stereocenters. The lowest BCUT2D eigenvalue weighted by molar-refractivity contribution is 0.217. The van der Waals surface area contributed by atoms with Gasteiger partial charge in [-0.3, -0.25) is 9.88 Å². The van der Waals surface area contributed by atoms with Crippen molar-refractivity contribution in [3.63, 3.8) is 0 Å². The van der Waals surface area contributed by atoms with Crippen LogP contribution in [0.4, 0.5) is 0 Å². The van der Waals surface area contributed by atoms with Crippen LogP contribution in [-0.2, 0) is 13.1 Å². The topological polar surface area (TPSA) is 34.2 Å². The number of pyridine rings is 1. The van der Waals surface area contributed by atoms with Crippen molar-refractivity contribution < 1.29 is 4.42 Å². The Balaban J connectivity index is 1.72. The van der Waals surface area contributed by atoms with E-state index in [0.717, 1.165) is 31.7 Å². The lowest BCUT2D eigenvalue weighted by Crippen LogP contribution is -2.29. The Bertz CT molecular complexity index is 718. The Morgan fingerprint density at radius 3 is 2.95 bits per heavy atom. The molecule has 3 aromatic rings. The van der Waals surface area contributed by atoms with Crippen LogP contribution in [0.3, 0.4) is 0 Å². The van der Waals surface area contributed by atoms with E-state index in [1.807, 2.05) is 18.5 Å². The molecule has 4 heteroatoms. The van der Waals surface area contributed by atoms with Crippen molar-refractivity contribution in [3.8, 4) is 0 Å². The number of aryl methyl sites for hydroxylation is 1. The van der Waals surface area contributed by atoms with Crippen LogP contribution in [0.2, 0.25) is 0 Å². The van der Waals surface area contributed by atoms with E-state index in [-0.39, 0.29) is 6.04 Å². The first kappa shape index (κ1) is 13.3. The molecule has 1 atom stereocenters. The Hall–Kier alpha value is -2.33. The fourth-order valence-electron chi connectivity index (χ4n) is 3.32. The van der Waals surface area contributed by atoms with Gasteiger partial charge in [0.05, 0.1) is 24.3 Å². The summed E-state index contributed by atoms with van der Waals surface area (Å²) in [5.41, 5.74) is 3.64. The fraction of sp³-hybridized carbons (Fsp3) is 0.278. The van der Waals surface area contributed by atoms with E-state index in [1.54, 1.807) is 6.26 Å². The van der Waals surface area contributed by atoms with Gasteiger partial charge < -0.3 is 8.98 Å². The molecule has 0 fully saturated rings. The number of hydrogen-bond donors (Lipinski definition) is 0. The molecule has 1 aliphatic heterocycles. The molecule has 0 radical (unpaired) electrons. The number of furan rings is 1. The van der Waals surface area contributed by atoms with Crippen LogP contribution in [0.5, 0.6) is 0 Å². The van der Waals surface area contributed by atoms with Gasteiger partial charge in [0, 0.05) is 43.3 Å². The lowest BCUT2D eigenvalue weighted by Gasteiger charge is -2.29. The predicted molar refractivity (Wildman–Crippen MR) is 84.2 cm³/mol. The molecule has 1 aliphatic rings. The van der Waals surface area contributed by atoms with Gasteiger partial charge in [-0.2, -0.15) is 0 Å². The average molecular weight is 293 g/mol. The van der Waals surface area contributed by atoms with Crippen LogP contribution in [0, 0.1) is 0 Å². The van der Waals surface area contributed by atoms with Gasteiger partial charge in [-0.05, 0) is 36.8 Å². The normalized spacial score (nSPS) is 18.8. The fourth-order valence-corrected chi connectivity index (χ4v) is 3.32. The number of fused-ring (bicyclic) bond motifs is 1. The van der Waals surface area contributed by atoms with Crippen molar-refractivity contribution >= 4 is 0 Å². The Kier molecular flexibility index (Phi) is 3.52. The van der Waals surface area contributed by atoms with E-state index in [9.17, 15) is 0 Å². The first-order chi connectivity index (χ1) is 10.9. The van der Waals surface area contributed by atoms with Crippen LogP contribution in [0.25, 0.3) is 0 Å². The summed E-state index contributed by atoms with van der Waals surface area (Å²) >= 11 is 0. The highest BCUT2D eigenvalue weighted by atomic mass is 16.3. The third kappa shape index (κ3) is 2.46. The Labute approximate surface area is 130 Å². The molecule has 112 valence electrons. The second kappa shape index (κ2) is 5.81. The Morgan fingerprint density at radius 2 is 2.14 bits per heavy atom. The van der Waals surface area contributed by atoms with Gasteiger partial charge in [-0.25, -0.2) is 0 Å². The van der Waals surface area contributed by atoms with E-state index in [2.05, 4.69) is 51.0 Å². The van der Waals surface area contributed by atoms with Crippen LogP contribution >= 0.6 is 0 Å². The molecule has 0 bridgehead atoms. The molecule has 0 spiro atoms. The zero-order valence-electron chi connectivity index (χ0n) is 12.4. The highest BCUT2D eigenvalue weighted by Gasteiger charge is 2.28. The summed E-state index contributed by atoms with van der Waals surface area (Å²) in [6.07, 6.45) is 8.80. The van der Waals surface area contributed by atoms with Crippen molar-refractivity contribution in [1.29, 1.82) is 0 Å². The van der Waals surface area contributed by atoms with Gasteiger partial charge in [0.2, 0.25) is 0 Å². The molecule has 4 nitrogen and oxygen atoms in total. The molecule has 4 rings (SSSR count). The maximum absolute atomic E-state index is 5.35. The number of aromatic nitrogens is 2. The molecule has 0 amide bonds. The van der Waals surface area contributed by atoms with Crippen LogP contribution in [-0.4, -0.2) is 21.0 Å². The quantitative estimate of drug-likeness (QED) is 0.741. The summed E-state index contributed by atoms with van der Waals surface area (Å²) in [5, 5.41) is 0. The maximum atomic E-state index is 5.35. The maximum Gasteiger partial charge on any atom is 0.0954 e. The van der Waals surface area contributed by atoms with Gasteiger partial charge >= 0.3 is 0 Å². The van der Waals surface area contributed by atoms with E-state index in [4.69, 9.17) is 4.42 Å². The summed E-state index contributed by atoms with van der Waals surface area (Å²) in [5.74, 6) is 0. The summed E-state index contributed by atoms with van der Waals surface area (Å²) < 4.78 is 7.70.